The number of benzene rings is 1. The summed E-state index contributed by atoms with van der Waals surface area (Å²) in [7, 11) is 4.03. The highest BCUT2D eigenvalue weighted by Gasteiger charge is 2.27. The molecule has 24 heavy (non-hydrogen) atoms. The van der Waals surface area contributed by atoms with E-state index in [4.69, 9.17) is 0 Å². The standard InChI is InChI=1S/C20H27N3O/c1-22(2)20-13-16(10-11-21-20)15-23-12-6-9-18(23)14-19(24)17-7-4-3-5-8-17/h3-5,7-8,10-11,13,18-19,24H,6,9,12,14-15H2,1-2H3/t18-,19-/m0/s1. The van der Waals surface area contributed by atoms with E-state index in [1.165, 1.54) is 12.0 Å². The summed E-state index contributed by atoms with van der Waals surface area (Å²) in [5.41, 5.74) is 2.30. The van der Waals surface area contributed by atoms with E-state index in [1.54, 1.807) is 0 Å². The smallest absolute Gasteiger partial charge is 0.128 e. The first-order valence-electron chi connectivity index (χ1n) is 8.73. The van der Waals surface area contributed by atoms with Crippen LogP contribution < -0.4 is 4.90 Å². The number of likely N-dealkylation sites (tertiary alicyclic amines) is 1. The van der Waals surface area contributed by atoms with Gasteiger partial charge in [0.25, 0.3) is 0 Å². The molecule has 0 aliphatic carbocycles. The molecule has 1 aromatic carbocycles. The van der Waals surface area contributed by atoms with Crippen molar-refractivity contribution in [1.29, 1.82) is 0 Å². The maximum absolute atomic E-state index is 10.5. The zero-order chi connectivity index (χ0) is 16.9. The van der Waals surface area contributed by atoms with Gasteiger partial charge in [-0.25, -0.2) is 4.98 Å². The highest BCUT2D eigenvalue weighted by atomic mass is 16.3. The normalized spacial score (nSPS) is 19.4. The van der Waals surface area contributed by atoms with Gasteiger partial charge in [0.1, 0.15) is 5.82 Å². The van der Waals surface area contributed by atoms with Gasteiger partial charge in [0, 0.05) is 32.9 Å². The maximum Gasteiger partial charge on any atom is 0.128 e. The highest BCUT2D eigenvalue weighted by molar-refractivity contribution is 5.39. The second-order valence-electron chi connectivity index (χ2n) is 6.85. The van der Waals surface area contributed by atoms with Gasteiger partial charge in [-0.3, -0.25) is 4.90 Å². The molecule has 0 spiro atoms. The van der Waals surface area contributed by atoms with Crippen LogP contribution in [-0.4, -0.2) is 41.7 Å². The van der Waals surface area contributed by atoms with E-state index in [0.717, 1.165) is 37.3 Å². The van der Waals surface area contributed by atoms with Crippen molar-refractivity contribution in [1.82, 2.24) is 9.88 Å². The number of rotatable bonds is 6. The monoisotopic (exact) mass is 325 g/mol. The maximum atomic E-state index is 10.5. The minimum absolute atomic E-state index is 0.383. The van der Waals surface area contributed by atoms with Crippen LogP contribution in [-0.2, 0) is 6.54 Å². The van der Waals surface area contributed by atoms with Crippen LogP contribution in [0.15, 0.2) is 48.7 Å². The molecule has 128 valence electrons. The highest BCUT2D eigenvalue weighted by Crippen LogP contribution is 2.28. The lowest BCUT2D eigenvalue weighted by Crippen LogP contribution is -2.30. The van der Waals surface area contributed by atoms with Crippen LogP contribution in [0.5, 0.6) is 0 Å². The fraction of sp³-hybridized carbons (Fsp3) is 0.450. The van der Waals surface area contributed by atoms with Crippen molar-refractivity contribution < 1.29 is 5.11 Å². The molecular weight excluding hydrogens is 298 g/mol. The van der Waals surface area contributed by atoms with E-state index in [2.05, 4.69) is 22.0 Å². The average Bonchev–Trinajstić information content (AvgIpc) is 3.02. The van der Waals surface area contributed by atoms with Crippen LogP contribution in [0.4, 0.5) is 5.82 Å². The molecule has 1 aromatic heterocycles. The van der Waals surface area contributed by atoms with Crippen molar-refractivity contribution in [2.75, 3.05) is 25.5 Å². The predicted molar refractivity (Wildman–Crippen MR) is 98.0 cm³/mol. The molecular formula is C20H27N3O. The molecule has 3 rings (SSSR count). The van der Waals surface area contributed by atoms with E-state index in [1.807, 2.05) is 55.5 Å². The number of aliphatic hydroxyl groups excluding tert-OH is 1. The molecule has 2 atom stereocenters. The second kappa shape index (κ2) is 7.77. The molecule has 1 aliphatic heterocycles. The van der Waals surface area contributed by atoms with Crippen LogP contribution in [0.2, 0.25) is 0 Å². The Hall–Kier alpha value is -1.91. The number of anilines is 1. The van der Waals surface area contributed by atoms with Gasteiger partial charge in [0.15, 0.2) is 0 Å². The molecule has 0 saturated carbocycles. The van der Waals surface area contributed by atoms with Crippen LogP contribution in [0.3, 0.4) is 0 Å². The van der Waals surface area contributed by atoms with Gasteiger partial charge in [-0.2, -0.15) is 0 Å². The van der Waals surface area contributed by atoms with Gasteiger partial charge in [-0.1, -0.05) is 30.3 Å². The van der Waals surface area contributed by atoms with Crippen molar-refractivity contribution in [3.05, 3.63) is 59.8 Å². The molecule has 0 amide bonds. The minimum atomic E-state index is -0.383. The molecule has 1 fully saturated rings. The van der Waals surface area contributed by atoms with Crippen LogP contribution >= 0.6 is 0 Å². The number of nitrogens with zero attached hydrogens (tertiary/aromatic N) is 3. The van der Waals surface area contributed by atoms with E-state index in [9.17, 15) is 5.11 Å². The third-order valence-electron chi connectivity index (χ3n) is 4.83. The number of hydrogen-bond acceptors (Lipinski definition) is 4. The summed E-state index contributed by atoms with van der Waals surface area (Å²) in [6.07, 6.45) is 4.67. The summed E-state index contributed by atoms with van der Waals surface area (Å²) >= 11 is 0. The Morgan fingerprint density at radius 2 is 2.04 bits per heavy atom. The third kappa shape index (κ3) is 4.13. The molecule has 0 radical (unpaired) electrons. The lowest BCUT2D eigenvalue weighted by atomic mass is 10.0. The minimum Gasteiger partial charge on any atom is -0.388 e. The number of aliphatic hydroxyl groups is 1. The lowest BCUT2D eigenvalue weighted by molar-refractivity contribution is 0.118. The second-order valence-corrected chi connectivity index (χ2v) is 6.85. The summed E-state index contributed by atoms with van der Waals surface area (Å²) in [5, 5.41) is 10.5. The van der Waals surface area contributed by atoms with Gasteiger partial charge in [0.05, 0.1) is 6.10 Å². The first kappa shape index (κ1) is 16.9. The first-order chi connectivity index (χ1) is 11.6. The van der Waals surface area contributed by atoms with Crippen LogP contribution in [0.1, 0.15) is 36.5 Å². The summed E-state index contributed by atoms with van der Waals surface area (Å²) in [5.74, 6) is 0.993. The molecule has 1 saturated heterocycles. The molecule has 2 heterocycles. The Bertz CT molecular complexity index is 644. The molecule has 1 aliphatic rings. The van der Waals surface area contributed by atoms with Crippen molar-refractivity contribution in [3.63, 3.8) is 0 Å². The van der Waals surface area contributed by atoms with Crippen molar-refractivity contribution in [2.45, 2.75) is 38.0 Å². The van der Waals surface area contributed by atoms with Crippen molar-refractivity contribution in [3.8, 4) is 0 Å². The lowest BCUT2D eigenvalue weighted by Gasteiger charge is -2.27. The Kier molecular flexibility index (Phi) is 5.48. The van der Waals surface area contributed by atoms with E-state index in [-0.39, 0.29) is 6.10 Å². The fourth-order valence-electron chi connectivity index (χ4n) is 3.48. The number of hydrogen-bond donors (Lipinski definition) is 1. The fourth-order valence-corrected chi connectivity index (χ4v) is 3.48. The van der Waals surface area contributed by atoms with Gasteiger partial charge < -0.3 is 10.0 Å². The van der Waals surface area contributed by atoms with Gasteiger partial charge in [0.2, 0.25) is 0 Å². The number of pyridine rings is 1. The Morgan fingerprint density at radius 1 is 1.25 bits per heavy atom. The predicted octanol–water partition coefficient (Wildman–Crippen LogP) is 3.24. The number of aromatic nitrogens is 1. The summed E-state index contributed by atoms with van der Waals surface area (Å²) in [6, 6.07) is 14.7. The molecule has 0 bridgehead atoms. The first-order valence-corrected chi connectivity index (χ1v) is 8.73. The van der Waals surface area contributed by atoms with Crippen molar-refractivity contribution >= 4 is 5.82 Å². The Balaban J connectivity index is 1.64. The molecule has 4 nitrogen and oxygen atoms in total. The largest absolute Gasteiger partial charge is 0.388 e. The van der Waals surface area contributed by atoms with Gasteiger partial charge in [-0.05, 0) is 49.1 Å². The molecule has 1 N–H and O–H groups in total. The van der Waals surface area contributed by atoms with E-state index in [0.29, 0.717) is 6.04 Å². The summed E-state index contributed by atoms with van der Waals surface area (Å²) < 4.78 is 0. The Labute approximate surface area is 144 Å². The zero-order valence-electron chi connectivity index (χ0n) is 14.6. The summed E-state index contributed by atoms with van der Waals surface area (Å²) in [4.78, 5) is 8.92. The van der Waals surface area contributed by atoms with E-state index >= 15 is 0 Å². The quantitative estimate of drug-likeness (QED) is 0.885. The SMILES string of the molecule is CN(C)c1cc(CN2CCC[C@H]2C[C@H](O)c2ccccc2)ccn1. The Morgan fingerprint density at radius 3 is 2.79 bits per heavy atom. The molecule has 4 heteroatoms. The zero-order valence-corrected chi connectivity index (χ0v) is 14.6. The van der Waals surface area contributed by atoms with E-state index < -0.39 is 0 Å². The molecule has 0 unspecified atom stereocenters. The van der Waals surface area contributed by atoms with Gasteiger partial charge >= 0.3 is 0 Å². The van der Waals surface area contributed by atoms with Crippen LogP contribution in [0, 0.1) is 0 Å². The third-order valence-corrected chi connectivity index (χ3v) is 4.83. The topological polar surface area (TPSA) is 39.6 Å². The van der Waals surface area contributed by atoms with Crippen LogP contribution in [0.25, 0.3) is 0 Å². The molecule has 2 aromatic rings. The summed E-state index contributed by atoms with van der Waals surface area (Å²) in [6.45, 7) is 2.03. The van der Waals surface area contributed by atoms with Gasteiger partial charge in [-0.15, -0.1) is 0 Å². The average molecular weight is 325 g/mol. The van der Waals surface area contributed by atoms with Crippen molar-refractivity contribution in [2.24, 2.45) is 0 Å².